The van der Waals surface area contributed by atoms with Crippen molar-refractivity contribution in [3.8, 4) is 0 Å². The number of ether oxygens (including phenoxy) is 1. The molecule has 0 saturated heterocycles. The molecule has 1 atom stereocenters. The third-order valence-electron chi connectivity index (χ3n) is 5.60. The third-order valence-corrected chi connectivity index (χ3v) is 5.60. The molecule has 2 heterocycles. The molecule has 0 radical (unpaired) electrons. The maximum absolute atomic E-state index is 12.9. The average molecular weight is 503 g/mol. The number of benzene rings is 2. The number of pyridine rings is 1. The zero-order valence-electron chi connectivity index (χ0n) is 20.3. The first-order chi connectivity index (χ1) is 17.3. The van der Waals surface area contributed by atoms with Gasteiger partial charge in [0.25, 0.3) is 5.91 Å². The molecule has 2 aromatic heterocycles. The molecule has 4 rings (SSSR count). The van der Waals surface area contributed by atoms with Gasteiger partial charge in [-0.15, -0.1) is 10.2 Å². The van der Waals surface area contributed by atoms with Crippen molar-refractivity contribution < 1.29 is 14.3 Å². The fourth-order valence-electron chi connectivity index (χ4n) is 3.62. The molecule has 9 nitrogen and oxygen atoms in total. The number of carbonyl (C=O) groups excluding carboxylic acids is 2. The van der Waals surface area contributed by atoms with Gasteiger partial charge in [0.15, 0.2) is 11.5 Å². The first kappa shape index (κ1) is 27.5. The lowest BCUT2D eigenvalue weighted by Crippen LogP contribution is -2.50. The number of carbonyl (C=O) groups is 2. The van der Waals surface area contributed by atoms with Crippen molar-refractivity contribution in [2.75, 3.05) is 6.61 Å². The number of fused-ring (bicyclic) bond motifs is 1. The van der Waals surface area contributed by atoms with Crippen LogP contribution in [-0.4, -0.2) is 38.6 Å². The van der Waals surface area contributed by atoms with E-state index in [0.29, 0.717) is 30.2 Å². The Morgan fingerprint density at radius 1 is 0.973 bits per heavy atom. The number of hydrogen-bond acceptors (Lipinski definition) is 6. The van der Waals surface area contributed by atoms with Gasteiger partial charge in [0.05, 0.1) is 24.3 Å². The van der Waals surface area contributed by atoms with Gasteiger partial charge >= 0.3 is 0 Å². The van der Waals surface area contributed by atoms with Crippen molar-refractivity contribution in [1.82, 2.24) is 25.2 Å². The monoisotopic (exact) mass is 502 g/mol. The van der Waals surface area contributed by atoms with Gasteiger partial charge in [0, 0.05) is 12.7 Å². The molecule has 0 fully saturated rings. The Hall–Kier alpha value is -4.08. The minimum Gasteiger partial charge on any atom is -0.374 e. The summed E-state index contributed by atoms with van der Waals surface area (Å²) in [6.45, 7) is 4.15. The second-order valence-electron chi connectivity index (χ2n) is 9.09. The highest BCUT2D eigenvalue weighted by atomic mass is 16.5. The summed E-state index contributed by atoms with van der Waals surface area (Å²) < 4.78 is 7.61. The second kappa shape index (κ2) is 12.2. The molecule has 0 aliphatic heterocycles. The lowest BCUT2D eigenvalue weighted by atomic mass is 10.1. The van der Waals surface area contributed by atoms with Crippen LogP contribution >= 0.6 is 0 Å². The SMILES string of the molecule is C.CC(C)(N)C(=O)N[C@H](COCc1ccccc1)c1nnc2c(C(=O)NCc3ccccc3)cccn12. The van der Waals surface area contributed by atoms with E-state index in [9.17, 15) is 9.59 Å². The summed E-state index contributed by atoms with van der Waals surface area (Å²) in [5, 5.41) is 14.4. The molecular weight excluding hydrogens is 468 g/mol. The van der Waals surface area contributed by atoms with E-state index in [-0.39, 0.29) is 25.8 Å². The summed E-state index contributed by atoms with van der Waals surface area (Å²) in [6, 6.07) is 22.2. The number of aromatic nitrogens is 3. The average Bonchev–Trinajstić information content (AvgIpc) is 3.31. The van der Waals surface area contributed by atoms with Gasteiger partial charge in [-0.2, -0.15) is 0 Å². The highest BCUT2D eigenvalue weighted by Gasteiger charge is 2.28. The zero-order valence-corrected chi connectivity index (χ0v) is 20.3. The van der Waals surface area contributed by atoms with E-state index in [1.165, 1.54) is 0 Å². The summed E-state index contributed by atoms with van der Waals surface area (Å²) >= 11 is 0. The van der Waals surface area contributed by atoms with E-state index in [4.69, 9.17) is 10.5 Å². The van der Waals surface area contributed by atoms with E-state index in [0.717, 1.165) is 11.1 Å². The van der Waals surface area contributed by atoms with Crippen LogP contribution in [0.3, 0.4) is 0 Å². The Morgan fingerprint density at radius 2 is 1.62 bits per heavy atom. The third kappa shape index (κ3) is 6.99. The molecule has 4 aromatic rings. The first-order valence-corrected chi connectivity index (χ1v) is 11.7. The van der Waals surface area contributed by atoms with E-state index < -0.39 is 11.6 Å². The topological polar surface area (TPSA) is 124 Å². The molecule has 0 bridgehead atoms. The van der Waals surface area contributed by atoms with E-state index in [1.807, 2.05) is 60.7 Å². The molecule has 37 heavy (non-hydrogen) atoms. The summed E-state index contributed by atoms with van der Waals surface area (Å²) in [6.07, 6.45) is 1.75. The van der Waals surface area contributed by atoms with Crippen molar-refractivity contribution in [3.05, 3.63) is 102 Å². The van der Waals surface area contributed by atoms with Gasteiger partial charge < -0.3 is 21.1 Å². The van der Waals surface area contributed by atoms with Crippen LogP contribution in [0.15, 0.2) is 79.0 Å². The fraction of sp³-hybridized carbons (Fsp3) is 0.286. The zero-order chi connectivity index (χ0) is 25.5. The minimum atomic E-state index is -1.10. The highest BCUT2D eigenvalue weighted by Crippen LogP contribution is 2.18. The molecular formula is C28H34N6O3. The van der Waals surface area contributed by atoms with Crippen LogP contribution in [0.5, 0.6) is 0 Å². The number of rotatable bonds is 10. The number of hydrogen-bond donors (Lipinski definition) is 3. The number of nitrogens with one attached hydrogen (secondary N) is 2. The van der Waals surface area contributed by atoms with Gasteiger partial charge in [0.2, 0.25) is 5.91 Å². The summed E-state index contributed by atoms with van der Waals surface area (Å²) in [5.74, 6) is -0.190. The van der Waals surface area contributed by atoms with Crippen molar-refractivity contribution in [2.24, 2.45) is 5.73 Å². The summed E-state index contributed by atoms with van der Waals surface area (Å²) in [5.41, 5.74) is 7.66. The predicted molar refractivity (Wildman–Crippen MR) is 143 cm³/mol. The smallest absolute Gasteiger partial charge is 0.255 e. The Morgan fingerprint density at radius 3 is 2.27 bits per heavy atom. The predicted octanol–water partition coefficient (Wildman–Crippen LogP) is 3.41. The van der Waals surface area contributed by atoms with Crippen molar-refractivity contribution in [2.45, 2.75) is 46.0 Å². The van der Waals surface area contributed by atoms with Crippen molar-refractivity contribution >= 4 is 17.5 Å². The van der Waals surface area contributed by atoms with Crippen LogP contribution in [0.1, 0.15) is 54.6 Å². The van der Waals surface area contributed by atoms with Crippen LogP contribution < -0.4 is 16.4 Å². The highest BCUT2D eigenvalue weighted by molar-refractivity contribution is 5.99. The number of nitrogens with zero attached hydrogens (tertiary/aromatic N) is 3. The van der Waals surface area contributed by atoms with Gasteiger partial charge in [0.1, 0.15) is 6.04 Å². The minimum absolute atomic E-state index is 0. The number of nitrogens with two attached hydrogens (primary N) is 1. The Bertz CT molecular complexity index is 1320. The van der Waals surface area contributed by atoms with Gasteiger partial charge in [-0.1, -0.05) is 68.1 Å². The standard InChI is InChI=1S/C27H30N6O3.CH4/c1-27(2,28)26(35)30-22(18-36-17-20-12-7-4-8-13-20)24-32-31-23-21(14-9-15-33(23)24)25(34)29-16-19-10-5-3-6-11-19;/h3-15,22H,16-18,28H2,1-2H3,(H,29,34)(H,30,35);1H4/t22-;/m1./s1. The van der Waals surface area contributed by atoms with E-state index in [1.54, 1.807) is 36.6 Å². The summed E-state index contributed by atoms with van der Waals surface area (Å²) in [7, 11) is 0. The number of amides is 2. The Kier molecular flexibility index (Phi) is 9.10. The van der Waals surface area contributed by atoms with Crippen molar-refractivity contribution in [3.63, 3.8) is 0 Å². The Balaban J connectivity index is 0.00000380. The van der Waals surface area contributed by atoms with Crippen LogP contribution in [-0.2, 0) is 22.7 Å². The van der Waals surface area contributed by atoms with E-state index in [2.05, 4.69) is 20.8 Å². The molecule has 2 amide bonds. The van der Waals surface area contributed by atoms with Gasteiger partial charge in [-0.05, 0) is 37.1 Å². The van der Waals surface area contributed by atoms with Crippen molar-refractivity contribution in [1.29, 1.82) is 0 Å². The molecule has 0 spiro atoms. The molecule has 0 saturated carbocycles. The maximum Gasteiger partial charge on any atom is 0.255 e. The van der Waals surface area contributed by atoms with Crippen LogP contribution in [0, 0.1) is 0 Å². The largest absolute Gasteiger partial charge is 0.374 e. The van der Waals surface area contributed by atoms with E-state index >= 15 is 0 Å². The maximum atomic E-state index is 12.9. The first-order valence-electron chi connectivity index (χ1n) is 11.7. The van der Waals surface area contributed by atoms with Gasteiger partial charge in [-0.3, -0.25) is 14.0 Å². The molecule has 4 N–H and O–H groups in total. The molecule has 0 unspecified atom stereocenters. The van der Waals surface area contributed by atoms with Gasteiger partial charge in [-0.25, -0.2) is 0 Å². The fourth-order valence-corrected chi connectivity index (χ4v) is 3.62. The molecule has 0 aliphatic carbocycles. The van der Waals surface area contributed by atoms with Crippen LogP contribution in [0.4, 0.5) is 0 Å². The lowest BCUT2D eigenvalue weighted by molar-refractivity contribution is -0.126. The quantitative estimate of drug-likeness (QED) is 0.305. The Labute approximate surface area is 217 Å². The summed E-state index contributed by atoms with van der Waals surface area (Å²) in [4.78, 5) is 25.7. The lowest BCUT2D eigenvalue weighted by Gasteiger charge is -2.23. The van der Waals surface area contributed by atoms with Crippen LogP contribution in [0.2, 0.25) is 0 Å². The molecule has 194 valence electrons. The molecule has 2 aromatic carbocycles. The normalized spacial score (nSPS) is 12.0. The molecule has 0 aliphatic rings. The van der Waals surface area contributed by atoms with Crippen LogP contribution in [0.25, 0.3) is 5.65 Å². The second-order valence-corrected chi connectivity index (χ2v) is 9.09. The molecule has 9 heteroatoms.